The first kappa shape index (κ1) is 13.1. The van der Waals surface area contributed by atoms with Crippen LogP contribution in [0.15, 0.2) is 30.6 Å². The first-order chi connectivity index (χ1) is 9.06. The Morgan fingerprint density at radius 2 is 2.26 bits per heavy atom. The smallest absolute Gasteiger partial charge is 0.251 e. The maximum Gasteiger partial charge on any atom is 0.251 e. The maximum absolute atomic E-state index is 13.1. The number of rotatable bonds is 4. The van der Waals surface area contributed by atoms with Gasteiger partial charge in [0, 0.05) is 43.7 Å². The van der Waals surface area contributed by atoms with E-state index in [0.717, 1.165) is 11.9 Å². The highest BCUT2D eigenvalue weighted by Gasteiger charge is 2.08. The summed E-state index contributed by atoms with van der Waals surface area (Å²) in [4.78, 5) is 15.9. The molecule has 1 heterocycles. The molecule has 5 nitrogen and oxygen atoms in total. The van der Waals surface area contributed by atoms with Crippen molar-refractivity contribution < 1.29 is 9.18 Å². The summed E-state index contributed by atoms with van der Waals surface area (Å²) in [5.41, 5.74) is 5.94. The van der Waals surface area contributed by atoms with Crippen molar-refractivity contribution in [3.63, 3.8) is 0 Å². The number of imidazole rings is 1. The highest BCUT2D eigenvalue weighted by molar-refractivity contribution is 5.95. The summed E-state index contributed by atoms with van der Waals surface area (Å²) in [7, 11) is 1.89. The largest absolute Gasteiger partial charge is 0.399 e. The predicted molar refractivity (Wildman–Crippen MR) is 70.1 cm³/mol. The van der Waals surface area contributed by atoms with Gasteiger partial charge in [-0.3, -0.25) is 4.79 Å². The summed E-state index contributed by atoms with van der Waals surface area (Å²) in [5.74, 6) is 0.00807. The lowest BCUT2D eigenvalue weighted by Crippen LogP contribution is -2.26. The molecule has 1 aromatic heterocycles. The van der Waals surface area contributed by atoms with Gasteiger partial charge in [-0.05, 0) is 18.2 Å². The van der Waals surface area contributed by atoms with Crippen molar-refractivity contribution in [1.82, 2.24) is 14.9 Å². The summed E-state index contributed by atoms with van der Waals surface area (Å²) >= 11 is 0. The average Bonchev–Trinajstić information content (AvgIpc) is 2.74. The summed E-state index contributed by atoms with van der Waals surface area (Å²) in [6.45, 7) is 0.431. The van der Waals surface area contributed by atoms with E-state index in [1.165, 1.54) is 12.1 Å². The summed E-state index contributed by atoms with van der Waals surface area (Å²) < 4.78 is 15.0. The van der Waals surface area contributed by atoms with Gasteiger partial charge in [-0.1, -0.05) is 0 Å². The van der Waals surface area contributed by atoms with Crippen molar-refractivity contribution in [3.8, 4) is 0 Å². The molecular weight excluding hydrogens is 247 g/mol. The standard InChI is InChI=1S/C13H15FN4O/c1-18-5-4-16-12(18)2-3-17-13(19)9-6-10(14)8-11(15)7-9/h4-8H,2-3,15H2,1H3,(H,17,19). The van der Waals surface area contributed by atoms with Gasteiger partial charge in [0.1, 0.15) is 11.6 Å². The molecule has 0 atom stereocenters. The minimum atomic E-state index is -0.519. The van der Waals surface area contributed by atoms with E-state index in [4.69, 9.17) is 5.73 Å². The Kier molecular flexibility index (Phi) is 3.79. The van der Waals surface area contributed by atoms with Gasteiger partial charge in [-0.15, -0.1) is 0 Å². The van der Waals surface area contributed by atoms with Crippen molar-refractivity contribution in [2.24, 2.45) is 7.05 Å². The molecule has 0 aliphatic carbocycles. The van der Waals surface area contributed by atoms with E-state index in [9.17, 15) is 9.18 Å². The van der Waals surface area contributed by atoms with E-state index in [1.54, 1.807) is 6.20 Å². The molecule has 3 N–H and O–H groups in total. The highest BCUT2D eigenvalue weighted by atomic mass is 19.1. The van der Waals surface area contributed by atoms with Crippen molar-refractivity contribution in [2.75, 3.05) is 12.3 Å². The number of amides is 1. The van der Waals surface area contributed by atoms with E-state index >= 15 is 0 Å². The number of nitrogens with two attached hydrogens (primary N) is 1. The number of hydrogen-bond acceptors (Lipinski definition) is 3. The Hall–Kier alpha value is -2.37. The number of nitrogens with one attached hydrogen (secondary N) is 1. The minimum absolute atomic E-state index is 0.220. The number of aromatic nitrogens is 2. The zero-order chi connectivity index (χ0) is 13.8. The van der Waals surface area contributed by atoms with Gasteiger partial charge in [0.15, 0.2) is 0 Å². The lowest BCUT2D eigenvalue weighted by Gasteiger charge is -2.06. The van der Waals surface area contributed by atoms with Crippen LogP contribution in [0, 0.1) is 5.82 Å². The van der Waals surface area contributed by atoms with E-state index < -0.39 is 5.82 Å². The van der Waals surface area contributed by atoms with E-state index in [2.05, 4.69) is 10.3 Å². The normalized spacial score (nSPS) is 10.4. The molecule has 2 rings (SSSR count). The molecule has 19 heavy (non-hydrogen) atoms. The molecule has 6 heteroatoms. The molecule has 0 spiro atoms. The second kappa shape index (κ2) is 5.51. The van der Waals surface area contributed by atoms with Crippen LogP contribution in [-0.4, -0.2) is 22.0 Å². The molecule has 2 aromatic rings. The maximum atomic E-state index is 13.1. The van der Waals surface area contributed by atoms with Crippen LogP contribution < -0.4 is 11.1 Å². The Bertz CT molecular complexity index is 574. The molecular formula is C13H15FN4O. The second-order valence-electron chi connectivity index (χ2n) is 4.23. The van der Waals surface area contributed by atoms with Gasteiger partial charge in [-0.2, -0.15) is 0 Å². The zero-order valence-electron chi connectivity index (χ0n) is 10.6. The number of nitrogen functional groups attached to an aromatic ring is 1. The van der Waals surface area contributed by atoms with E-state index in [-0.39, 0.29) is 17.2 Å². The lowest BCUT2D eigenvalue weighted by atomic mass is 10.2. The molecule has 0 unspecified atom stereocenters. The topological polar surface area (TPSA) is 72.9 Å². The van der Waals surface area contributed by atoms with Crippen molar-refractivity contribution in [3.05, 3.63) is 47.8 Å². The molecule has 0 fully saturated rings. The van der Waals surface area contributed by atoms with Crippen LogP contribution in [0.3, 0.4) is 0 Å². The summed E-state index contributed by atoms with van der Waals surface area (Å²) in [5, 5.41) is 2.70. The van der Waals surface area contributed by atoms with Crippen LogP contribution in [0.25, 0.3) is 0 Å². The third-order valence-corrected chi connectivity index (χ3v) is 2.74. The fourth-order valence-electron chi connectivity index (χ4n) is 1.77. The number of hydrogen-bond donors (Lipinski definition) is 2. The predicted octanol–water partition coefficient (Wildman–Crippen LogP) is 1.11. The molecule has 0 saturated heterocycles. The molecule has 0 bridgehead atoms. The van der Waals surface area contributed by atoms with Gasteiger partial charge in [0.05, 0.1) is 0 Å². The zero-order valence-corrected chi connectivity index (χ0v) is 10.6. The molecule has 100 valence electrons. The number of halogens is 1. The number of carbonyl (C=O) groups excluding carboxylic acids is 1. The van der Waals surface area contributed by atoms with Gasteiger partial charge in [0.25, 0.3) is 5.91 Å². The monoisotopic (exact) mass is 262 g/mol. The fourth-order valence-corrected chi connectivity index (χ4v) is 1.77. The minimum Gasteiger partial charge on any atom is -0.399 e. The third kappa shape index (κ3) is 3.31. The first-order valence-corrected chi connectivity index (χ1v) is 5.87. The van der Waals surface area contributed by atoms with E-state index in [0.29, 0.717) is 13.0 Å². The van der Waals surface area contributed by atoms with Crippen molar-refractivity contribution in [2.45, 2.75) is 6.42 Å². The van der Waals surface area contributed by atoms with Gasteiger partial charge in [0.2, 0.25) is 0 Å². The number of anilines is 1. The number of carbonyl (C=O) groups is 1. The Morgan fingerprint density at radius 1 is 1.47 bits per heavy atom. The number of nitrogens with zero attached hydrogens (tertiary/aromatic N) is 2. The Labute approximate surface area is 110 Å². The SMILES string of the molecule is Cn1ccnc1CCNC(=O)c1cc(N)cc(F)c1. The molecule has 0 aliphatic heterocycles. The molecule has 0 aliphatic rings. The third-order valence-electron chi connectivity index (χ3n) is 2.74. The second-order valence-corrected chi connectivity index (χ2v) is 4.23. The summed E-state index contributed by atoms with van der Waals surface area (Å²) in [6.07, 6.45) is 4.15. The molecule has 1 aromatic carbocycles. The van der Waals surface area contributed by atoms with Crippen molar-refractivity contribution >= 4 is 11.6 Å². The van der Waals surface area contributed by atoms with Crippen LogP contribution in [0.5, 0.6) is 0 Å². The van der Waals surface area contributed by atoms with Crippen LogP contribution in [0.2, 0.25) is 0 Å². The molecule has 0 radical (unpaired) electrons. The fraction of sp³-hybridized carbons (Fsp3) is 0.231. The lowest BCUT2D eigenvalue weighted by molar-refractivity contribution is 0.0953. The average molecular weight is 262 g/mol. The van der Waals surface area contributed by atoms with Crippen LogP contribution >= 0.6 is 0 Å². The van der Waals surface area contributed by atoms with Gasteiger partial charge < -0.3 is 15.6 Å². The number of aryl methyl sites for hydroxylation is 1. The van der Waals surface area contributed by atoms with Crippen LogP contribution in [-0.2, 0) is 13.5 Å². The van der Waals surface area contributed by atoms with E-state index in [1.807, 2.05) is 17.8 Å². The molecule has 0 saturated carbocycles. The van der Waals surface area contributed by atoms with Crippen LogP contribution in [0.1, 0.15) is 16.2 Å². The first-order valence-electron chi connectivity index (χ1n) is 5.87. The quantitative estimate of drug-likeness (QED) is 0.811. The highest BCUT2D eigenvalue weighted by Crippen LogP contribution is 2.10. The van der Waals surface area contributed by atoms with Crippen LogP contribution in [0.4, 0.5) is 10.1 Å². The Balaban J connectivity index is 1.92. The van der Waals surface area contributed by atoms with Crippen molar-refractivity contribution in [1.29, 1.82) is 0 Å². The van der Waals surface area contributed by atoms with Gasteiger partial charge >= 0.3 is 0 Å². The number of benzene rings is 1. The summed E-state index contributed by atoms with van der Waals surface area (Å²) in [6, 6.07) is 3.77. The molecule has 1 amide bonds. The Morgan fingerprint density at radius 3 is 2.89 bits per heavy atom. The van der Waals surface area contributed by atoms with Gasteiger partial charge in [-0.25, -0.2) is 9.37 Å².